The van der Waals surface area contributed by atoms with Crippen molar-refractivity contribution in [3.05, 3.63) is 129 Å². The van der Waals surface area contributed by atoms with Crippen molar-refractivity contribution < 1.29 is 24.0 Å². The van der Waals surface area contributed by atoms with Crippen molar-refractivity contribution in [2.24, 2.45) is 0 Å². The predicted octanol–water partition coefficient (Wildman–Crippen LogP) is 6.79. The van der Waals surface area contributed by atoms with Gasteiger partial charge in [-0.05, 0) is 67.6 Å². The topological polar surface area (TPSA) is 140 Å². The molecule has 44 heavy (non-hydrogen) atoms. The maximum atomic E-state index is 13.4. The Hall–Kier alpha value is -5.13. The van der Waals surface area contributed by atoms with Crippen LogP contribution in [0.4, 0.5) is 17.1 Å². The van der Waals surface area contributed by atoms with Gasteiger partial charge < -0.3 is 20.7 Å². The van der Waals surface area contributed by atoms with E-state index in [0.29, 0.717) is 32.6 Å². The Labute approximate surface area is 262 Å². The number of amides is 3. The number of anilines is 2. The molecule has 0 fully saturated rings. The number of rotatable bonds is 11. The number of carbonyl (C=O) groups excluding carboxylic acids is 3. The summed E-state index contributed by atoms with van der Waals surface area (Å²) in [6.45, 7) is 1.74. The summed E-state index contributed by atoms with van der Waals surface area (Å²) in [5.74, 6) is -1.03. The molecule has 10 nitrogen and oxygen atoms in total. The molecule has 0 aliphatic heterocycles. The SMILES string of the molecule is COc1ccc(NC(=O)C(C)Sc2cccc(NC(=O)/C(=C\c3ccccc3[N+](=O)[O-])NC(=O)c3ccccc3)c2)cc1Cl. The van der Waals surface area contributed by atoms with E-state index in [2.05, 4.69) is 16.0 Å². The summed E-state index contributed by atoms with van der Waals surface area (Å²) in [5.41, 5.74) is 0.919. The largest absolute Gasteiger partial charge is 0.495 e. The Bertz CT molecular complexity index is 1730. The second-order valence-electron chi connectivity index (χ2n) is 9.27. The predicted molar refractivity (Wildman–Crippen MR) is 172 cm³/mol. The third kappa shape index (κ3) is 8.46. The monoisotopic (exact) mass is 630 g/mol. The number of benzene rings is 4. The highest BCUT2D eigenvalue weighted by Crippen LogP contribution is 2.30. The summed E-state index contributed by atoms with van der Waals surface area (Å²) in [5, 5.41) is 19.6. The van der Waals surface area contributed by atoms with E-state index in [9.17, 15) is 24.5 Å². The zero-order valence-corrected chi connectivity index (χ0v) is 25.1. The van der Waals surface area contributed by atoms with Crippen LogP contribution in [-0.2, 0) is 9.59 Å². The van der Waals surface area contributed by atoms with Gasteiger partial charge in [0, 0.05) is 27.9 Å². The van der Waals surface area contributed by atoms with Gasteiger partial charge in [0.2, 0.25) is 5.91 Å². The third-order valence-corrected chi connectivity index (χ3v) is 7.54. The minimum atomic E-state index is -0.697. The number of methoxy groups -OCH3 is 1. The minimum Gasteiger partial charge on any atom is -0.495 e. The van der Waals surface area contributed by atoms with E-state index < -0.39 is 22.0 Å². The molecule has 4 aromatic rings. The molecule has 0 saturated carbocycles. The zero-order valence-electron chi connectivity index (χ0n) is 23.6. The van der Waals surface area contributed by atoms with Gasteiger partial charge in [0.25, 0.3) is 17.5 Å². The highest BCUT2D eigenvalue weighted by molar-refractivity contribution is 8.00. The number of nitro benzene ring substituents is 1. The molecule has 3 amide bonds. The summed E-state index contributed by atoms with van der Waals surface area (Å²) >= 11 is 7.42. The number of thioether (sulfide) groups is 1. The third-order valence-electron chi connectivity index (χ3n) is 6.16. The molecule has 4 aromatic carbocycles. The highest BCUT2D eigenvalue weighted by atomic mass is 35.5. The lowest BCUT2D eigenvalue weighted by molar-refractivity contribution is -0.385. The van der Waals surface area contributed by atoms with Gasteiger partial charge in [-0.1, -0.05) is 48.0 Å². The zero-order chi connectivity index (χ0) is 31.6. The lowest BCUT2D eigenvalue weighted by atomic mass is 10.1. The first-order chi connectivity index (χ1) is 21.1. The lowest BCUT2D eigenvalue weighted by Gasteiger charge is -2.14. The number of nitrogens with zero attached hydrogens (tertiary/aromatic N) is 1. The fourth-order valence-corrected chi connectivity index (χ4v) is 5.15. The van der Waals surface area contributed by atoms with Gasteiger partial charge >= 0.3 is 0 Å². The fourth-order valence-electron chi connectivity index (χ4n) is 3.97. The molecule has 0 saturated heterocycles. The van der Waals surface area contributed by atoms with Crippen LogP contribution in [0.25, 0.3) is 6.08 Å². The molecule has 224 valence electrons. The van der Waals surface area contributed by atoms with Crippen LogP contribution in [0.5, 0.6) is 5.75 Å². The van der Waals surface area contributed by atoms with Gasteiger partial charge in [-0.15, -0.1) is 11.8 Å². The highest BCUT2D eigenvalue weighted by Gasteiger charge is 2.19. The van der Waals surface area contributed by atoms with Gasteiger partial charge in [-0.2, -0.15) is 0 Å². The average Bonchev–Trinajstić information content (AvgIpc) is 3.01. The molecule has 1 atom stereocenters. The summed E-state index contributed by atoms with van der Waals surface area (Å²) in [7, 11) is 1.50. The smallest absolute Gasteiger partial charge is 0.276 e. The maximum absolute atomic E-state index is 13.4. The van der Waals surface area contributed by atoms with Crippen molar-refractivity contribution in [2.75, 3.05) is 17.7 Å². The molecule has 3 N–H and O–H groups in total. The molecule has 0 spiro atoms. The van der Waals surface area contributed by atoms with Crippen molar-refractivity contribution >= 4 is 64.2 Å². The number of carbonyl (C=O) groups is 3. The molecule has 0 heterocycles. The van der Waals surface area contributed by atoms with Crippen molar-refractivity contribution in [3.8, 4) is 5.75 Å². The van der Waals surface area contributed by atoms with E-state index in [0.717, 1.165) is 0 Å². The van der Waals surface area contributed by atoms with Crippen molar-refractivity contribution in [3.63, 3.8) is 0 Å². The van der Waals surface area contributed by atoms with E-state index >= 15 is 0 Å². The van der Waals surface area contributed by atoms with Crippen molar-refractivity contribution in [2.45, 2.75) is 17.1 Å². The molecule has 12 heteroatoms. The van der Waals surface area contributed by atoms with E-state index in [4.69, 9.17) is 16.3 Å². The number of nitro groups is 1. The minimum absolute atomic E-state index is 0.137. The Morgan fingerprint density at radius 3 is 2.32 bits per heavy atom. The van der Waals surface area contributed by atoms with E-state index in [-0.39, 0.29) is 22.9 Å². The van der Waals surface area contributed by atoms with Gasteiger partial charge in [-0.25, -0.2) is 0 Å². The quantitative estimate of drug-likeness (QED) is 0.0718. The summed E-state index contributed by atoms with van der Waals surface area (Å²) in [6, 6.07) is 25.9. The van der Waals surface area contributed by atoms with Crippen LogP contribution >= 0.6 is 23.4 Å². The van der Waals surface area contributed by atoms with Crippen molar-refractivity contribution in [1.29, 1.82) is 0 Å². The Kier molecular flexibility index (Phi) is 10.7. The van der Waals surface area contributed by atoms with Crippen LogP contribution in [0.2, 0.25) is 5.02 Å². The molecular weight excluding hydrogens is 604 g/mol. The standard InChI is InChI=1S/C32H27ClN4O6S/c1-20(30(38)34-24-15-16-29(43-2)26(33)19-24)44-25-13-8-12-23(18-25)35-32(40)27(36-31(39)21-9-4-3-5-10-21)17-22-11-6-7-14-28(22)37(41)42/h3-20H,1-2H3,(H,34,38)(H,35,40)(H,36,39)/b27-17+. The van der Waals surface area contributed by atoms with Gasteiger partial charge in [0.05, 0.1) is 27.9 Å². The van der Waals surface area contributed by atoms with E-state index in [1.165, 1.54) is 43.1 Å². The van der Waals surface area contributed by atoms with E-state index in [1.54, 1.807) is 85.8 Å². The first-order valence-electron chi connectivity index (χ1n) is 13.2. The summed E-state index contributed by atoms with van der Waals surface area (Å²) < 4.78 is 5.14. The average molecular weight is 631 g/mol. The van der Waals surface area contributed by atoms with Crippen LogP contribution < -0.4 is 20.7 Å². The van der Waals surface area contributed by atoms with Crippen LogP contribution in [-0.4, -0.2) is 35.0 Å². The van der Waals surface area contributed by atoms with Gasteiger partial charge in [-0.3, -0.25) is 24.5 Å². The first kappa shape index (κ1) is 31.8. The van der Waals surface area contributed by atoms with Crippen LogP contribution in [0, 0.1) is 10.1 Å². The molecule has 4 rings (SSSR count). The number of hydrogen-bond acceptors (Lipinski definition) is 7. The number of halogens is 1. The molecule has 0 radical (unpaired) electrons. The number of hydrogen-bond donors (Lipinski definition) is 3. The molecule has 0 aliphatic carbocycles. The molecule has 0 aromatic heterocycles. The summed E-state index contributed by atoms with van der Waals surface area (Å²) in [6.07, 6.45) is 1.25. The number of ether oxygens (including phenoxy) is 1. The maximum Gasteiger partial charge on any atom is 0.276 e. The van der Waals surface area contributed by atoms with Crippen molar-refractivity contribution in [1.82, 2.24) is 5.32 Å². The molecule has 1 unspecified atom stereocenters. The van der Waals surface area contributed by atoms with Crippen LogP contribution in [0.1, 0.15) is 22.8 Å². The molecular formula is C32H27ClN4O6S. The molecule has 0 bridgehead atoms. The number of nitrogens with one attached hydrogen (secondary N) is 3. The Morgan fingerprint density at radius 1 is 0.909 bits per heavy atom. The Morgan fingerprint density at radius 2 is 1.61 bits per heavy atom. The summed E-state index contributed by atoms with van der Waals surface area (Å²) in [4.78, 5) is 50.9. The first-order valence-corrected chi connectivity index (χ1v) is 14.4. The molecule has 0 aliphatic rings. The van der Waals surface area contributed by atoms with Crippen LogP contribution in [0.15, 0.2) is 108 Å². The van der Waals surface area contributed by atoms with Crippen LogP contribution in [0.3, 0.4) is 0 Å². The fraction of sp³-hybridized carbons (Fsp3) is 0.0938. The van der Waals surface area contributed by atoms with Gasteiger partial charge in [0.15, 0.2) is 0 Å². The van der Waals surface area contributed by atoms with Gasteiger partial charge in [0.1, 0.15) is 11.4 Å². The number of para-hydroxylation sites is 1. The van der Waals surface area contributed by atoms with E-state index in [1.807, 2.05) is 0 Å². The second-order valence-corrected chi connectivity index (χ2v) is 11.1. The lowest BCUT2D eigenvalue weighted by Crippen LogP contribution is -2.30. The second kappa shape index (κ2) is 14.9. The Balaban J connectivity index is 1.51. The normalized spacial score (nSPS) is 11.7.